The van der Waals surface area contributed by atoms with E-state index in [0.29, 0.717) is 36.1 Å². The summed E-state index contributed by atoms with van der Waals surface area (Å²) < 4.78 is 5.64. The molecule has 2 amide bonds. The van der Waals surface area contributed by atoms with Crippen molar-refractivity contribution in [3.63, 3.8) is 0 Å². The van der Waals surface area contributed by atoms with Gasteiger partial charge in [-0.1, -0.05) is 176 Å². The van der Waals surface area contributed by atoms with Gasteiger partial charge in [-0.3, -0.25) is 9.59 Å². The number of amides is 2. The third-order valence-corrected chi connectivity index (χ3v) is 16.3. The van der Waals surface area contributed by atoms with Crippen LogP contribution < -0.4 is 0 Å². The van der Waals surface area contributed by atoms with Crippen LogP contribution in [0.5, 0.6) is 0 Å². The Morgan fingerprint density at radius 3 is 1.42 bits per heavy atom. The highest BCUT2D eigenvalue weighted by Gasteiger charge is 2.50. The normalized spacial score (nSPS) is 17.0. The van der Waals surface area contributed by atoms with Crippen LogP contribution in [0, 0.1) is 17.8 Å². The number of hydrogen-bond acceptors (Lipinski definition) is 6. The van der Waals surface area contributed by atoms with E-state index in [1.807, 2.05) is 0 Å². The average molecular weight is 881 g/mol. The molecule has 0 bridgehead atoms. The molecule has 0 spiro atoms. The summed E-state index contributed by atoms with van der Waals surface area (Å²) in [6.45, 7) is 14.9. The van der Waals surface area contributed by atoms with Crippen molar-refractivity contribution in [2.75, 3.05) is 20.2 Å². The monoisotopic (exact) mass is 881 g/mol. The standard InChI is InChI=1S/C52H84N2O3S3/c1-8-12-16-20-22-26-31-41(29-24-18-14-10-3)37-53-48(44-33-28-36-59-44)46-47(51(53)56)49(45-35-34-43(60-45)39(5)40(6)52(58)57-7)54(50(46)55)38-42(30-25-19-15-11-4)32-27-23-21-17-13-9-2/h28,33-36,39-42,52,58H,8-27,29-32,37-38H2,1-7H3/t39-,40-,41?,42?,52?/m1/s1. The molecule has 0 aromatic carbocycles. The van der Waals surface area contributed by atoms with Gasteiger partial charge in [-0.05, 0) is 72.9 Å². The van der Waals surface area contributed by atoms with E-state index in [9.17, 15) is 0 Å². The number of fused-ring (bicyclic) bond motifs is 1. The third-order valence-electron chi connectivity index (χ3n) is 13.5. The zero-order chi connectivity index (χ0) is 43.3. The molecule has 2 aromatic heterocycles. The fraction of sp³-hybridized carbons (Fsp3) is 0.731. The average Bonchev–Trinajstić information content (AvgIpc) is 4.06. The number of nitrogens with zero attached hydrogens (tertiary/aromatic N) is 2. The molecule has 2 aliphatic heterocycles. The van der Waals surface area contributed by atoms with Crippen LogP contribution in [0.1, 0.15) is 216 Å². The molecule has 0 fully saturated rings. The lowest BCUT2D eigenvalue weighted by atomic mass is 9.93. The molecule has 5 nitrogen and oxygen atoms in total. The van der Waals surface area contributed by atoms with Crippen molar-refractivity contribution < 1.29 is 14.3 Å². The molecule has 338 valence electrons. The van der Waals surface area contributed by atoms with Gasteiger partial charge in [0.25, 0.3) is 11.8 Å². The first-order chi connectivity index (χ1) is 29.2. The molecule has 0 radical (unpaired) electrons. The number of methoxy groups -OCH3 is 1. The molecule has 2 aromatic rings. The second-order valence-electron chi connectivity index (χ2n) is 18.3. The van der Waals surface area contributed by atoms with Gasteiger partial charge in [0.05, 0.1) is 32.3 Å². The van der Waals surface area contributed by atoms with Gasteiger partial charge in [-0.15, -0.1) is 35.3 Å². The molecule has 8 heteroatoms. The van der Waals surface area contributed by atoms with Gasteiger partial charge in [0.2, 0.25) is 0 Å². The molecular weight excluding hydrogens is 797 g/mol. The zero-order valence-electron chi connectivity index (χ0n) is 39.0. The smallest absolute Gasteiger partial charge is 0.261 e. The Hall–Kier alpha value is -1.87. The first-order valence-electron chi connectivity index (χ1n) is 24.7. The summed E-state index contributed by atoms with van der Waals surface area (Å²) >= 11 is 8.15. The van der Waals surface area contributed by atoms with Gasteiger partial charge in [0.15, 0.2) is 0 Å². The van der Waals surface area contributed by atoms with E-state index in [1.165, 1.54) is 133 Å². The highest BCUT2D eigenvalue weighted by atomic mass is 32.1. The van der Waals surface area contributed by atoms with Crippen LogP contribution in [0.25, 0.3) is 11.4 Å². The summed E-state index contributed by atoms with van der Waals surface area (Å²) in [5, 5.41) is 2.10. The second kappa shape index (κ2) is 28.0. The highest BCUT2D eigenvalue weighted by Crippen LogP contribution is 2.50. The summed E-state index contributed by atoms with van der Waals surface area (Å²) in [7, 11) is 1.72. The van der Waals surface area contributed by atoms with E-state index < -0.39 is 0 Å². The summed E-state index contributed by atoms with van der Waals surface area (Å²) in [5.41, 5.74) is 2.85. The highest BCUT2D eigenvalue weighted by molar-refractivity contribution is 7.80. The Balaban J connectivity index is 1.76. The molecule has 4 heterocycles. The predicted molar refractivity (Wildman–Crippen MR) is 264 cm³/mol. The predicted octanol–water partition coefficient (Wildman–Crippen LogP) is 15.9. The maximum atomic E-state index is 15.4. The molecule has 2 aliphatic rings. The summed E-state index contributed by atoms with van der Waals surface area (Å²) in [5.74, 6) is 1.28. The molecule has 4 rings (SSSR count). The van der Waals surface area contributed by atoms with Crippen LogP contribution in [0.3, 0.4) is 0 Å². The van der Waals surface area contributed by atoms with Crippen molar-refractivity contribution >= 4 is 58.5 Å². The first-order valence-corrected chi connectivity index (χ1v) is 26.9. The van der Waals surface area contributed by atoms with E-state index >= 15 is 9.59 Å². The number of thiol groups is 1. The quantitative estimate of drug-likeness (QED) is 0.0433. The van der Waals surface area contributed by atoms with Crippen LogP contribution in [0.2, 0.25) is 0 Å². The Morgan fingerprint density at radius 2 is 1.00 bits per heavy atom. The number of thiophene rings is 2. The van der Waals surface area contributed by atoms with Crippen molar-refractivity contribution in [2.24, 2.45) is 17.8 Å². The first kappa shape index (κ1) is 50.8. The van der Waals surface area contributed by atoms with Crippen molar-refractivity contribution in [3.05, 3.63) is 55.4 Å². The van der Waals surface area contributed by atoms with Gasteiger partial charge in [-0.25, -0.2) is 0 Å². The molecule has 0 N–H and O–H groups in total. The second-order valence-corrected chi connectivity index (χ2v) is 20.8. The van der Waals surface area contributed by atoms with Gasteiger partial charge in [0.1, 0.15) is 5.44 Å². The number of carbonyl (C=O) groups is 2. The topological polar surface area (TPSA) is 49.9 Å². The summed E-state index contributed by atoms with van der Waals surface area (Å²) in [6.07, 6.45) is 29.6. The lowest BCUT2D eigenvalue weighted by Gasteiger charge is -2.29. The van der Waals surface area contributed by atoms with Crippen molar-refractivity contribution in [3.8, 4) is 0 Å². The van der Waals surface area contributed by atoms with E-state index in [4.69, 9.17) is 17.4 Å². The number of carbonyl (C=O) groups excluding carboxylic acids is 2. The Labute approximate surface area is 381 Å². The lowest BCUT2D eigenvalue weighted by Crippen LogP contribution is -2.34. The fourth-order valence-electron chi connectivity index (χ4n) is 9.43. The zero-order valence-corrected chi connectivity index (χ0v) is 41.6. The third kappa shape index (κ3) is 14.6. The number of rotatable bonds is 34. The van der Waals surface area contributed by atoms with E-state index in [0.717, 1.165) is 46.8 Å². The van der Waals surface area contributed by atoms with Crippen LogP contribution in [-0.2, 0) is 14.3 Å². The minimum absolute atomic E-state index is 0.0299. The molecule has 0 saturated heterocycles. The Morgan fingerprint density at radius 1 is 0.583 bits per heavy atom. The minimum Gasteiger partial charge on any atom is -0.371 e. The molecule has 0 aliphatic carbocycles. The maximum absolute atomic E-state index is 15.4. The summed E-state index contributed by atoms with van der Waals surface area (Å²) in [6, 6.07) is 8.61. The molecule has 60 heavy (non-hydrogen) atoms. The fourth-order valence-corrected chi connectivity index (χ4v) is 11.7. The van der Waals surface area contributed by atoms with Gasteiger partial charge >= 0.3 is 0 Å². The molecule has 5 atom stereocenters. The number of ether oxygens (including phenoxy) is 1. The van der Waals surface area contributed by atoms with E-state index in [2.05, 4.69) is 81.0 Å². The SMILES string of the molecule is CCCCCCCCC(CCCCCC)CN1C(=O)C2=C(c3ccc([C@H](C)[C@@H](C)C(S)OC)s3)N(CC(CCCCCC)CCCCCCCC)C(=O)C2=C1c1cccs1. The van der Waals surface area contributed by atoms with Gasteiger partial charge in [0, 0.05) is 25.1 Å². The van der Waals surface area contributed by atoms with Crippen LogP contribution >= 0.6 is 35.3 Å². The number of hydrogen-bond donors (Lipinski definition) is 1. The van der Waals surface area contributed by atoms with E-state index in [-0.39, 0.29) is 29.1 Å². The van der Waals surface area contributed by atoms with Crippen LogP contribution in [0.15, 0.2) is 40.8 Å². The van der Waals surface area contributed by atoms with Crippen molar-refractivity contribution in [1.82, 2.24) is 9.80 Å². The van der Waals surface area contributed by atoms with Crippen molar-refractivity contribution in [2.45, 2.75) is 207 Å². The van der Waals surface area contributed by atoms with Crippen LogP contribution in [0.4, 0.5) is 0 Å². The largest absolute Gasteiger partial charge is 0.371 e. The van der Waals surface area contributed by atoms with Gasteiger partial charge in [-0.2, -0.15) is 0 Å². The molecule has 3 unspecified atom stereocenters. The van der Waals surface area contributed by atoms with Crippen molar-refractivity contribution in [1.29, 1.82) is 0 Å². The maximum Gasteiger partial charge on any atom is 0.261 e. The van der Waals surface area contributed by atoms with Crippen LogP contribution in [-0.4, -0.2) is 47.2 Å². The minimum atomic E-state index is -0.174. The molecule has 0 saturated carbocycles. The number of unbranched alkanes of at least 4 members (excludes halogenated alkanes) is 16. The summed E-state index contributed by atoms with van der Waals surface area (Å²) in [4.78, 5) is 38.2. The Kier molecular flexibility index (Phi) is 23.7. The molecular formula is C52H84N2O3S3. The Bertz CT molecular complexity index is 1590. The van der Waals surface area contributed by atoms with Gasteiger partial charge < -0.3 is 14.5 Å². The lowest BCUT2D eigenvalue weighted by molar-refractivity contribution is -0.124. The van der Waals surface area contributed by atoms with E-state index in [1.54, 1.807) is 29.8 Å².